The van der Waals surface area contributed by atoms with E-state index in [1.165, 1.54) is 20.4 Å². The number of nitrogens with zero attached hydrogens (tertiary/aromatic N) is 1. The van der Waals surface area contributed by atoms with E-state index in [9.17, 15) is 9.59 Å². The maximum Gasteiger partial charge on any atom is 0.343 e. The molecular weight excluding hydrogens is 424 g/mol. The number of hydrogen-bond donors (Lipinski definition) is 1. The molecule has 1 amide bonds. The standard InChI is InChI=1S/C25H24N2O6/c1-17-7-10-20(11-8-17)32-16-24(28)27-26-15-18-9-12-22(23(13-18)31-3)33-25(29)19-5-4-6-21(14-19)30-2/h4-15H,16H2,1-3H3,(H,27,28)/b26-15+. The van der Waals surface area contributed by atoms with Crippen molar-refractivity contribution in [3.63, 3.8) is 0 Å². The number of benzene rings is 3. The monoisotopic (exact) mass is 448 g/mol. The van der Waals surface area contributed by atoms with Crippen LogP contribution in [0.2, 0.25) is 0 Å². The maximum absolute atomic E-state index is 12.4. The van der Waals surface area contributed by atoms with Gasteiger partial charge in [-0.05, 0) is 61.0 Å². The molecule has 33 heavy (non-hydrogen) atoms. The Balaban J connectivity index is 1.57. The van der Waals surface area contributed by atoms with Gasteiger partial charge in [0.15, 0.2) is 18.1 Å². The van der Waals surface area contributed by atoms with Crippen LogP contribution in [0.25, 0.3) is 0 Å². The first-order valence-corrected chi connectivity index (χ1v) is 10.0. The molecule has 0 unspecified atom stereocenters. The van der Waals surface area contributed by atoms with Crippen LogP contribution < -0.4 is 24.4 Å². The lowest BCUT2D eigenvalue weighted by molar-refractivity contribution is -0.123. The van der Waals surface area contributed by atoms with Gasteiger partial charge in [-0.1, -0.05) is 23.8 Å². The predicted octanol–water partition coefficient (Wildman–Crippen LogP) is 3.76. The summed E-state index contributed by atoms with van der Waals surface area (Å²) in [6.07, 6.45) is 1.44. The average Bonchev–Trinajstić information content (AvgIpc) is 2.84. The number of nitrogens with one attached hydrogen (secondary N) is 1. The van der Waals surface area contributed by atoms with Gasteiger partial charge in [-0.15, -0.1) is 0 Å². The third kappa shape index (κ3) is 6.83. The lowest BCUT2D eigenvalue weighted by atomic mass is 10.2. The molecule has 0 bridgehead atoms. The van der Waals surface area contributed by atoms with Gasteiger partial charge in [0.1, 0.15) is 11.5 Å². The molecule has 1 N–H and O–H groups in total. The fourth-order valence-electron chi connectivity index (χ4n) is 2.75. The van der Waals surface area contributed by atoms with Crippen molar-refractivity contribution in [3.8, 4) is 23.0 Å². The fourth-order valence-corrected chi connectivity index (χ4v) is 2.75. The average molecular weight is 448 g/mol. The fraction of sp³-hybridized carbons (Fsp3) is 0.160. The van der Waals surface area contributed by atoms with E-state index in [0.29, 0.717) is 28.4 Å². The molecule has 0 aliphatic rings. The minimum absolute atomic E-state index is 0.164. The molecule has 3 aromatic carbocycles. The molecule has 0 heterocycles. The summed E-state index contributed by atoms with van der Waals surface area (Å²) < 4.78 is 21.3. The highest BCUT2D eigenvalue weighted by Gasteiger charge is 2.13. The highest BCUT2D eigenvalue weighted by Crippen LogP contribution is 2.28. The number of esters is 1. The summed E-state index contributed by atoms with van der Waals surface area (Å²) in [5, 5.41) is 3.92. The number of carbonyl (C=O) groups is 2. The molecule has 0 aliphatic heterocycles. The molecule has 3 rings (SSSR count). The number of amides is 1. The van der Waals surface area contributed by atoms with E-state index in [1.807, 2.05) is 19.1 Å². The summed E-state index contributed by atoms with van der Waals surface area (Å²) in [6.45, 7) is 1.81. The van der Waals surface area contributed by atoms with Gasteiger partial charge in [-0.2, -0.15) is 5.10 Å². The van der Waals surface area contributed by atoms with E-state index in [1.54, 1.807) is 54.6 Å². The largest absolute Gasteiger partial charge is 0.497 e. The van der Waals surface area contributed by atoms with Gasteiger partial charge in [0.05, 0.1) is 26.0 Å². The van der Waals surface area contributed by atoms with Crippen LogP contribution in [-0.2, 0) is 4.79 Å². The SMILES string of the molecule is COc1cccc(C(=O)Oc2ccc(/C=N/NC(=O)COc3ccc(C)cc3)cc2OC)c1. The van der Waals surface area contributed by atoms with E-state index in [-0.39, 0.29) is 12.4 Å². The van der Waals surface area contributed by atoms with Crippen LogP contribution in [0.1, 0.15) is 21.5 Å². The molecular formula is C25H24N2O6. The summed E-state index contributed by atoms with van der Waals surface area (Å²) >= 11 is 0. The van der Waals surface area contributed by atoms with Crippen molar-refractivity contribution < 1.29 is 28.5 Å². The van der Waals surface area contributed by atoms with Crippen LogP contribution in [0.4, 0.5) is 0 Å². The summed E-state index contributed by atoms with van der Waals surface area (Å²) in [5.74, 6) is 0.789. The van der Waals surface area contributed by atoms with Crippen molar-refractivity contribution in [3.05, 3.63) is 83.4 Å². The highest BCUT2D eigenvalue weighted by atomic mass is 16.6. The molecule has 0 aliphatic carbocycles. The van der Waals surface area contributed by atoms with E-state index in [4.69, 9.17) is 18.9 Å². The molecule has 0 aromatic heterocycles. The molecule has 8 heteroatoms. The zero-order valence-corrected chi connectivity index (χ0v) is 18.5. The minimum atomic E-state index is -0.547. The van der Waals surface area contributed by atoms with E-state index in [2.05, 4.69) is 10.5 Å². The van der Waals surface area contributed by atoms with Crippen LogP contribution in [0, 0.1) is 6.92 Å². The van der Waals surface area contributed by atoms with Crippen LogP contribution in [0.3, 0.4) is 0 Å². The number of hydrazone groups is 1. The number of carbonyl (C=O) groups excluding carboxylic acids is 2. The molecule has 8 nitrogen and oxygen atoms in total. The van der Waals surface area contributed by atoms with Crippen molar-refractivity contribution in [2.24, 2.45) is 5.10 Å². The Labute approximate surface area is 191 Å². The van der Waals surface area contributed by atoms with Gasteiger partial charge >= 0.3 is 5.97 Å². The van der Waals surface area contributed by atoms with Gasteiger partial charge in [0.2, 0.25) is 0 Å². The zero-order valence-electron chi connectivity index (χ0n) is 18.5. The Morgan fingerprint density at radius 1 is 0.909 bits per heavy atom. The van der Waals surface area contributed by atoms with Gasteiger partial charge in [0.25, 0.3) is 5.91 Å². The number of hydrogen-bond acceptors (Lipinski definition) is 7. The van der Waals surface area contributed by atoms with Gasteiger partial charge in [-0.3, -0.25) is 4.79 Å². The third-order valence-corrected chi connectivity index (χ3v) is 4.49. The van der Waals surface area contributed by atoms with E-state index >= 15 is 0 Å². The molecule has 0 radical (unpaired) electrons. The normalized spacial score (nSPS) is 10.5. The zero-order chi connectivity index (χ0) is 23.6. The first-order valence-electron chi connectivity index (χ1n) is 10.0. The minimum Gasteiger partial charge on any atom is -0.497 e. The second-order valence-electron chi connectivity index (χ2n) is 6.93. The first-order chi connectivity index (χ1) is 16.0. The number of rotatable bonds is 9. The number of aryl methyl sites for hydroxylation is 1. The Kier molecular flexibility index (Phi) is 8.02. The van der Waals surface area contributed by atoms with Crippen LogP contribution in [0.5, 0.6) is 23.0 Å². The Bertz CT molecular complexity index is 1140. The molecule has 3 aromatic rings. The summed E-state index contributed by atoms with van der Waals surface area (Å²) in [6, 6.07) is 18.9. The Morgan fingerprint density at radius 2 is 1.70 bits per heavy atom. The van der Waals surface area contributed by atoms with Crippen molar-refractivity contribution in [2.75, 3.05) is 20.8 Å². The summed E-state index contributed by atoms with van der Waals surface area (Å²) in [5.41, 5.74) is 4.48. The maximum atomic E-state index is 12.4. The van der Waals surface area contributed by atoms with Gasteiger partial charge < -0.3 is 18.9 Å². The topological polar surface area (TPSA) is 95.5 Å². The number of methoxy groups -OCH3 is 2. The second-order valence-corrected chi connectivity index (χ2v) is 6.93. The van der Waals surface area contributed by atoms with Gasteiger partial charge in [0, 0.05) is 0 Å². The molecule has 0 saturated carbocycles. The molecule has 0 atom stereocenters. The Morgan fingerprint density at radius 3 is 2.42 bits per heavy atom. The molecule has 170 valence electrons. The second kappa shape index (κ2) is 11.3. The third-order valence-electron chi connectivity index (χ3n) is 4.49. The lowest BCUT2D eigenvalue weighted by Crippen LogP contribution is -2.24. The number of ether oxygens (including phenoxy) is 4. The molecule has 0 spiro atoms. The van der Waals surface area contributed by atoms with Crippen LogP contribution in [0.15, 0.2) is 71.8 Å². The van der Waals surface area contributed by atoms with Crippen molar-refractivity contribution in [1.82, 2.24) is 5.43 Å². The Hall–Kier alpha value is -4.33. The van der Waals surface area contributed by atoms with Crippen molar-refractivity contribution in [1.29, 1.82) is 0 Å². The van der Waals surface area contributed by atoms with Gasteiger partial charge in [-0.25, -0.2) is 10.2 Å². The van der Waals surface area contributed by atoms with E-state index in [0.717, 1.165) is 5.56 Å². The smallest absolute Gasteiger partial charge is 0.343 e. The van der Waals surface area contributed by atoms with Crippen LogP contribution in [-0.4, -0.2) is 38.9 Å². The summed E-state index contributed by atoms with van der Waals surface area (Å²) in [4.78, 5) is 24.4. The molecule has 0 fully saturated rings. The predicted molar refractivity (Wildman–Crippen MR) is 123 cm³/mol. The van der Waals surface area contributed by atoms with Crippen LogP contribution >= 0.6 is 0 Å². The summed E-state index contributed by atoms with van der Waals surface area (Å²) in [7, 11) is 2.98. The van der Waals surface area contributed by atoms with Crippen molar-refractivity contribution in [2.45, 2.75) is 6.92 Å². The quantitative estimate of drug-likeness (QED) is 0.232. The van der Waals surface area contributed by atoms with E-state index < -0.39 is 11.9 Å². The lowest BCUT2D eigenvalue weighted by Gasteiger charge is -2.10. The first kappa shape index (κ1) is 23.3. The van der Waals surface area contributed by atoms with Crippen molar-refractivity contribution >= 4 is 18.1 Å². The molecule has 0 saturated heterocycles. The highest BCUT2D eigenvalue weighted by molar-refractivity contribution is 5.92.